The summed E-state index contributed by atoms with van der Waals surface area (Å²) in [5.41, 5.74) is 1.70. The summed E-state index contributed by atoms with van der Waals surface area (Å²) in [6.07, 6.45) is 5.13. The summed E-state index contributed by atoms with van der Waals surface area (Å²) in [4.78, 5) is 50.2. The van der Waals surface area contributed by atoms with Gasteiger partial charge in [-0.1, -0.05) is 0 Å². The van der Waals surface area contributed by atoms with E-state index in [-0.39, 0.29) is 24.3 Å². The minimum Gasteiger partial charge on any atom is -0.385 e. The predicted molar refractivity (Wildman–Crippen MR) is 104 cm³/mol. The van der Waals surface area contributed by atoms with E-state index in [4.69, 9.17) is 0 Å². The van der Waals surface area contributed by atoms with Crippen LogP contribution in [0.1, 0.15) is 59.2 Å². The van der Waals surface area contributed by atoms with E-state index in [2.05, 4.69) is 16.0 Å². The van der Waals surface area contributed by atoms with Crippen molar-refractivity contribution in [2.45, 2.75) is 50.1 Å². The lowest BCUT2D eigenvalue weighted by molar-refractivity contribution is -0.136. The number of fused-ring (bicyclic) bond motifs is 1. The van der Waals surface area contributed by atoms with Crippen molar-refractivity contribution < 1.29 is 19.2 Å². The summed E-state index contributed by atoms with van der Waals surface area (Å²) < 4.78 is 0. The van der Waals surface area contributed by atoms with Crippen LogP contribution >= 0.6 is 0 Å². The third-order valence-electron chi connectivity index (χ3n) is 6.99. The first kappa shape index (κ1) is 18.3. The molecule has 1 aromatic rings. The molecule has 2 atom stereocenters. The second-order valence-electron chi connectivity index (χ2n) is 8.51. The van der Waals surface area contributed by atoms with Crippen molar-refractivity contribution in [3.8, 4) is 0 Å². The molecule has 3 N–H and O–H groups in total. The summed E-state index contributed by atoms with van der Waals surface area (Å²) in [6, 6.07) is 4.24. The average molecular weight is 396 g/mol. The molecule has 1 spiro atoms. The number of hydrogen-bond donors (Lipinski definition) is 3. The van der Waals surface area contributed by atoms with Gasteiger partial charge in [-0.2, -0.15) is 0 Å². The van der Waals surface area contributed by atoms with Crippen LogP contribution in [0.5, 0.6) is 0 Å². The fraction of sp³-hybridized carbons (Fsp3) is 0.524. The number of carbonyl (C=O) groups excluding carboxylic acids is 4. The van der Waals surface area contributed by atoms with E-state index in [0.717, 1.165) is 30.1 Å². The SMILES string of the molecule is O=C1CCC(N2C(=O)c3ccc(NCC4CCNC45CCC5)cc3C2=O)C(=O)N1. The molecule has 8 nitrogen and oxygen atoms in total. The Balaban J connectivity index is 1.32. The maximum Gasteiger partial charge on any atom is 0.262 e. The number of amides is 4. The zero-order valence-electron chi connectivity index (χ0n) is 16.1. The smallest absolute Gasteiger partial charge is 0.262 e. The first-order valence-corrected chi connectivity index (χ1v) is 10.3. The third-order valence-corrected chi connectivity index (χ3v) is 6.99. The first-order chi connectivity index (χ1) is 14.0. The van der Waals surface area contributed by atoms with Gasteiger partial charge in [0.25, 0.3) is 11.8 Å². The lowest BCUT2D eigenvalue weighted by atomic mass is 9.69. The number of rotatable bonds is 4. The largest absolute Gasteiger partial charge is 0.385 e. The van der Waals surface area contributed by atoms with Gasteiger partial charge < -0.3 is 10.6 Å². The Kier molecular flexibility index (Phi) is 4.20. The Morgan fingerprint density at radius 2 is 1.86 bits per heavy atom. The highest BCUT2D eigenvalue weighted by Crippen LogP contribution is 2.43. The van der Waals surface area contributed by atoms with Crippen LogP contribution in [-0.2, 0) is 9.59 Å². The molecule has 2 unspecified atom stereocenters. The molecule has 1 aromatic carbocycles. The minimum atomic E-state index is -0.931. The molecule has 3 fully saturated rings. The van der Waals surface area contributed by atoms with Crippen molar-refractivity contribution in [1.29, 1.82) is 0 Å². The third kappa shape index (κ3) is 2.85. The van der Waals surface area contributed by atoms with E-state index in [0.29, 0.717) is 17.0 Å². The normalized spacial score (nSPS) is 27.8. The van der Waals surface area contributed by atoms with Gasteiger partial charge in [0.05, 0.1) is 11.1 Å². The maximum absolute atomic E-state index is 12.9. The standard InChI is InChI=1S/C21H24N4O4/c26-17-5-4-16(18(27)24-17)25-19(28)14-3-2-13(10-15(14)20(25)29)22-11-12-6-9-23-21(12)7-1-8-21/h2-3,10,12,16,22-23H,1,4-9,11H2,(H,24,26,27). The molecule has 29 heavy (non-hydrogen) atoms. The molecule has 0 bridgehead atoms. The van der Waals surface area contributed by atoms with Crippen molar-refractivity contribution in [3.63, 3.8) is 0 Å². The number of nitrogens with zero attached hydrogens (tertiary/aromatic N) is 1. The Morgan fingerprint density at radius 3 is 2.59 bits per heavy atom. The van der Waals surface area contributed by atoms with Gasteiger partial charge in [-0.15, -0.1) is 0 Å². The van der Waals surface area contributed by atoms with Crippen LogP contribution in [-0.4, -0.2) is 53.2 Å². The second-order valence-corrected chi connectivity index (χ2v) is 8.51. The van der Waals surface area contributed by atoms with E-state index in [9.17, 15) is 19.2 Å². The molecular weight excluding hydrogens is 372 g/mol. The van der Waals surface area contributed by atoms with Crippen molar-refractivity contribution in [2.24, 2.45) is 5.92 Å². The molecule has 8 heteroatoms. The van der Waals surface area contributed by atoms with Crippen molar-refractivity contribution in [2.75, 3.05) is 18.4 Å². The molecule has 1 aliphatic carbocycles. The van der Waals surface area contributed by atoms with Crippen LogP contribution in [0.15, 0.2) is 18.2 Å². The highest BCUT2D eigenvalue weighted by Gasteiger charge is 2.47. The number of imide groups is 2. The molecular formula is C21H24N4O4. The number of hydrogen-bond acceptors (Lipinski definition) is 6. The monoisotopic (exact) mass is 396 g/mol. The van der Waals surface area contributed by atoms with Crippen LogP contribution in [0, 0.1) is 5.92 Å². The van der Waals surface area contributed by atoms with Gasteiger partial charge >= 0.3 is 0 Å². The van der Waals surface area contributed by atoms with Crippen LogP contribution in [0.2, 0.25) is 0 Å². The van der Waals surface area contributed by atoms with E-state index >= 15 is 0 Å². The van der Waals surface area contributed by atoms with Crippen LogP contribution < -0.4 is 16.0 Å². The Bertz CT molecular complexity index is 923. The molecule has 152 valence electrons. The topological polar surface area (TPSA) is 108 Å². The highest BCUT2D eigenvalue weighted by molar-refractivity contribution is 6.23. The molecule has 3 heterocycles. The van der Waals surface area contributed by atoms with E-state index in [1.54, 1.807) is 12.1 Å². The van der Waals surface area contributed by atoms with Crippen molar-refractivity contribution in [1.82, 2.24) is 15.5 Å². The fourth-order valence-electron chi connectivity index (χ4n) is 5.18. The molecule has 2 saturated heterocycles. The molecule has 4 amide bonds. The molecule has 3 aliphatic heterocycles. The predicted octanol–water partition coefficient (Wildman–Crippen LogP) is 1.03. The Morgan fingerprint density at radius 1 is 1.07 bits per heavy atom. The van der Waals surface area contributed by atoms with Gasteiger partial charge in [0, 0.05) is 24.2 Å². The number of anilines is 1. The van der Waals surface area contributed by atoms with Crippen LogP contribution in [0.4, 0.5) is 5.69 Å². The quantitative estimate of drug-likeness (QED) is 0.656. The summed E-state index contributed by atoms with van der Waals surface area (Å²) in [6.45, 7) is 1.87. The second kappa shape index (κ2) is 6.66. The van der Waals surface area contributed by atoms with Gasteiger partial charge in [0.1, 0.15) is 6.04 Å². The summed E-state index contributed by atoms with van der Waals surface area (Å²) in [7, 11) is 0. The van der Waals surface area contributed by atoms with Crippen molar-refractivity contribution >= 4 is 29.3 Å². The van der Waals surface area contributed by atoms with Gasteiger partial charge in [0.15, 0.2) is 0 Å². The van der Waals surface area contributed by atoms with E-state index in [1.807, 2.05) is 6.07 Å². The molecule has 0 aromatic heterocycles. The lowest BCUT2D eigenvalue weighted by Gasteiger charge is -2.44. The number of benzene rings is 1. The molecule has 0 radical (unpaired) electrons. The summed E-state index contributed by atoms with van der Waals surface area (Å²) in [5, 5.41) is 9.30. The fourth-order valence-corrected chi connectivity index (χ4v) is 5.18. The summed E-state index contributed by atoms with van der Waals surface area (Å²) >= 11 is 0. The zero-order chi connectivity index (χ0) is 20.2. The average Bonchev–Trinajstić information content (AvgIpc) is 3.21. The van der Waals surface area contributed by atoms with Gasteiger partial charge in [-0.05, 0) is 62.8 Å². The number of carbonyl (C=O) groups is 4. The van der Waals surface area contributed by atoms with Crippen molar-refractivity contribution in [3.05, 3.63) is 29.3 Å². The summed E-state index contributed by atoms with van der Waals surface area (Å²) in [5.74, 6) is -1.35. The highest BCUT2D eigenvalue weighted by atomic mass is 16.2. The van der Waals surface area contributed by atoms with Crippen LogP contribution in [0.25, 0.3) is 0 Å². The van der Waals surface area contributed by atoms with Crippen LogP contribution in [0.3, 0.4) is 0 Å². The van der Waals surface area contributed by atoms with E-state index in [1.165, 1.54) is 19.3 Å². The minimum absolute atomic E-state index is 0.119. The van der Waals surface area contributed by atoms with Gasteiger partial charge in [-0.3, -0.25) is 29.4 Å². The molecule has 4 aliphatic rings. The Labute approximate surface area is 168 Å². The lowest BCUT2D eigenvalue weighted by Crippen LogP contribution is -2.54. The molecule has 5 rings (SSSR count). The first-order valence-electron chi connectivity index (χ1n) is 10.3. The number of nitrogens with one attached hydrogen (secondary N) is 3. The molecule has 1 saturated carbocycles. The number of piperidine rings is 1. The maximum atomic E-state index is 12.9. The van der Waals surface area contributed by atoms with Gasteiger partial charge in [-0.25, -0.2) is 0 Å². The zero-order valence-corrected chi connectivity index (χ0v) is 16.1. The Hall–Kier alpha value is -2.74. The van der Waals surface area contributed by atoms with E-state index < -0.39 is 23.8 Å². The van der Waals surface area contributed by atoms with Gasteiger partial charge in [0.2, 0.25) is 11.8 Å².